The maximum atomic E-state index is 6.04. The third-order valence-corrected chi connectivity index (χ3v) is 4.41. The summed E-state index contributed by atoms with van der Waals surface area (Å²) in [6.07, 6.45) is 1.47. The molecule has 4 rings (SSSR count). The summed E-state index contributed by atoms with van der Waals surface area (Å²) in [5, 5.41) is 7.37. The van der Waals surface area contributed by atoms with Crippen LogP contribution in [-0.4, -0.2) is 23.2 Å². The number of anilines is 4. The van der Waals surface area contributed by atoms with Gasteiger partial charge in [0.15, 0.2) is 11.5 Å². The lowest BCUT2D eigenvalue weighted by molar-refractivity contribution is 0.171. The van der Waals surface area contributed by atoms with Gasteiger partial charge in [-0.2, -0.15) is 0 Å². The molecule has 0 radical (unpaired) electrons. The number of halogens is 2. The molecule has 26 heavy (non-hydrogen) atoms. The van der Waals surface area contributed by atoms with Gasteiger partial charge in [-0.3, -0.25) is 0 Å². The number of fused-ring (bicyclic) bond motifs is 1. The summed E-state index contributed by atoms with van der Waals surface area (Å²) in [7, 11) is 0. The van der Waals surface area contributed by atoms with Crippen molar-refractivity contribution in [2.24, 2.45) is 0 Å². The fourth-order valence-corrected chi connectivity index (χ4v) is 2.78. The average Bonchev–Trinajstić information content (AvgIpc) is 2.65. The van der Waals surface area contributed by atoms with Crippen molar-refractivity contribution in [1.82, 2.24) is 9.97 Å². The number of benzene rings is 2. The number of aromatic nitrogens is 2. The summed E-state index contributed by atoms with van der Waals surface area (Å²) in [6.45, 7) is 1.11. The van der Waals surface area contributed by atoms with Gasteiger partial charge in [0.1, 0.15) is 31.2 Å². The molecule has 0 unspecified atom stereocenters. The molecule has 0 atom stereocenters. The molecular formula is C18H14Cl2N4O2. The van der Waals surface area contributed by atoms with Gasteiger partial charge >= 0.3 is 0 Å². The van der Waals surface area contributed by atoms with Crippen molar-refractivity contribution in [3.63, 3.8) is 0 Å². The Balaban J connectivity index is 1.51. The summed E-state index contributed by atoms with van der Waals surface area (Å²) in [4.78, 5) is 8.45. The van der Waals surface area contributed by atoms with Gasteiger partial charge in [0.25, 0.3) is 0 Å². The molecule has 2 aromatic carbocycles. The van der Waals surface area contributed by atoms with E-state index in [4.69, 9.17) is 32.7 Å². The van der Waals surface area contributed by atoms with Gasteiger partial charge in [-0.25, -0.2) is 9.97 Å². The monoisotopic (exact) mass is 388 g/mol. The Labute approximate surface area is 160 Å². The first kappa shape index (κ1) is 16.8. The minimum Gasteiger partial charge on any atom is -0.486 e. The molecular weight excluding hydrogens is 375 g/mol. The van der Waals surface area contributed by atoms with Crippen molar-refractivity contribution in [1.29, 1.82) is 0 Å². The smallest absolute Gasteiger partial charge is 0.163 e. The zero-order valence-electron chi connectivity index (χ0n) is 13.5. The number of hydrogen-bond donors (Lipinski definition) is 2. The quantitative estimate of drug-likeness (QED) is 0.652. The first-order valence-electron chi connectivity index (χ1n) is 7.88. The Kier molecular flexibility index (Phi) is 4.69. The molecule has 3 aromatic rings. The molecule has 8 heteroatoms. The molecule has 1 aromatic heterocycles. The third kappa shape index (κ3) is 3.76. The van der Waals surface area contributed by atoms with Gasteiger partial charge in [-0.05, 0) is 30.3 Å². The minimum atomic E-state index is 0.473. The highest BCUT2D eigenvalue weighted by molar-refractivity contribution is 6.42. The number of nitrogens with zero attached hydrogens (tertiary/aromatic N) is 2. The van der Waals surface area contributed by atoms with E-state index in [0.717, 1.165) is 17.1 Å². The lowest BCUT2D eigenvalue weighted by Crippen LogP contribution is -2.15. The third-order valence-electron chi connectivity index (χ3n) is 3.67. The molecule has 0 saturated heterocycles. The largest absolute Gasteiger partial charge is 0.486 e. The molecule has 0 bridgehead atoms. The first-order chi connectivity index (χ1) is 12.7. The van der Waals surface area contributed by atoms with Crippen LogP contribution in [0.15, 0.2) is 48.8 Å². The van der Waals surface area contributed by atoms with Gasteiger partial charge in [-0.15, -0.1) is 0 Å². The molecule has 0 amide bonds. The predicted molar refractivity (Wildman–Crippen MR) is 102 cm³/mol. The van der Waals surface area contributed by atoms with Crippen LogP contribution in [0.4, 0.5) is 23.0 Å². The van der Waals surface area contributed by atoms with E-state index < -0.39 is 0 Å². The maximum absolute atomic E-state index is 6.04. The van der Waals surface area contributed by atoms with E-state index in [9.17, 15) is 0 Å². The topological polar surface area (TPSA) is 68.3 Å². The molecule has 1 aliphatic heterocycles. The molecule has 6 nitrogen and oxygen atoms in total. The zero-order valence-corrected chi connectivity index (χ0v) is 15.0. The Morgan fingerprint density at radius 3 is 2.12 bits per heavy atom. The van der Waals surface area contributed by atoms with Crippen molar-refractivity contribution in [3.05, 3.63) is 58.8 Å². The average molecular weight is 389 g/mol. The Morgan fingerprint density at radius 2 is 1.38 bits per heavy atom. The van der Waals surface area contributed by atoms with E-state index in [1.165, 1.54) is 6.33 Å². The summed E-state index contributed by atoms with van der Waals surface area (Å²) >= 11 is 12.0. The van der Waals surface area contributed by atoms with Crippen molar-refractivity contribution < 1.29 is 9.47 Å². The summed E-state index contributed by atoms with van der Waals surface area (Å²) in [6, 6.07) is 12.7. The molecule has 0 fully saturated rings. The Morgan fingerprint density at radius 1 is 0.731 bits per heavy atom. The molecule has 0 aliphatic carbocycles. The lowest BCUT2D eigenvalue weighted by atomic mass is 10.2. The van der Waals surface area contributed by atoms with Gasteiger partial charge < -0.3 is 20.1 Å². The molecule has 1 aliphatic rings. The summed E-state index contributed by atoms with van der Waals surface area (Å²) in [5.41, 5.74) is 1.62. The highest BCUT2D eigenvalue weighted by atomic mass is 35.5. The van der Waals surface area contributed by atoms with Crippen LogP contribution in [0.25, 0.3) is 0 Å². The predicted octanol–water partition coefficient (Wildman–Crippen LogP) is 5.04. The van der Waals surface area contributed by atoms with Crippen LogP contribution in [0.2, 0.25) is 10.0 Å². The van der Waals surface area contributed by atoms with E-state index in [-0.39, 0.29) is 0 Å². The number of nitrogens with one attached hydrogen (secondary N) is 2. The van der Waals surface area contributed by atoms with E-state index in [2.05, 4.69) is 20.6 Å². The van der Waals surface area contributed by atoms with Crippen molar-refractivity contribution in [2.75, 3.05) is 23.8 Å². The van der Waals surface area contributed by atoms with Crippen LogP contribution in [-0.2, 0) is 0 Å². The minimum absolute atomic E-state index is 0.473. The van der Waals surface area contributed by atoms with Crippen LogP contribution >= 0.6 is 23.2 Å². The number of ether oxygens (including phenoxy) is 2. The van der Waals surface area contributed by atoms with Crippen molar-refractivity contribution >= 4 is 46.2 Å². The fourth-order valence-electron chi connectivity index (χ4n) is 2.48. The van der Waals surface area contributed by atoms with Crippen LogP contribution in [0.1, 0.15) is 0 Å². The van der Waals surface area contributed by atoms with Crippen LogP contribution in [0.3, 0.4) is 0 Å². The highest BCUT2D eigenvalue weighted by Gasteiger charge is 2.12. The van der Waals surface area contributed by atoms with Crippen LogP contribution in [0, 0.1) is 0 Å². The molecule has 2 heterocycles. The second kappa shape index (κ2) is 7.27. The number of hydrogen-bond acceptors (Lipinski definition) is 6. The molecule has 0 saturated carbocycles. The van der Waals surface area contributed by atoms with E-state index in [1.807, 2.05) is 24.3 Å². The van der Waals surface area contributed by atoms with E-state index in [1.54, 1.807) is 18.2 Å². The van der Waals surface area contributed by atoms with Crippen LogP contribution < -0.4 is 20.1 Å². The van der Waals surface area contributed by atoms with Gasteiger partial charge in [0.05, 0.1) is 10.0 Å². The van der Waals surface area contributed by atoms with Crippen molar-refractivity contribution in [2.45, 2.75) is 0 Å². The standard InChI is InChI=1S/C18H14Cl2N4O2/c19-13-3-1-11(7-14(13)20)23-17-9-18(22-10-21-17)24-12-2-4-15-16(8-12)26-6-5-25-15/h1-4,7-10H,5-6H2,(H2,21,22,23,24). The van der Waals surface area contributed by atoms with Crippen LogP contribution in [0.5, 0.6) is 11.5 Å². The molecule has 132 valence electrons. The lowest BCUT2D eigenvalue weighted by Gasteiger charge is -2.19. The Hall–Kier alpha value is -2.70. The second-order valence-electron chi connectivity index (χ2n) is 5.53. The van der Waals surface area contributed by atoms with Crippen molar-refractivity contribution in [3.8, 4) is 11.5 Å². The molecule has 2 N–H and O–H groups in total. The fraction of sp³-hybridized carbons (Fsp3) is 0.111. The van der Waals surface area contributed by atoms with Gasteiger partial charge in [0, 0.05) is 23.5 Å². The Bertz CT molecular complexity index is 952. The SMILES string of the molecule is Clc1ccc(Nc2cc(Nc3ccc4c(c3)OCCO4)ncn2)cc1Cl. The van der Waals surface area contributed by atoms with E-state index >= 15 is 0 Å². The first-order valence-corrected chi connectivity index (χ1v) is 8.64. The summed E-state index contributed by atoms with van der Waals surface area (Å²) < 4.78 is 11.1. The van der Waals surface area contributed by atoms with Gasteiger partial charge in [-0.1, -0.05) is 23.2 Å². The molecule has 0 spiro atoms. The summed E-state index contributed by atoms with van der Waals surface area (Å²) in [5.74, 6) is 2.72. The maximum Gasteiger partial charge on any atom is 0.163 e. The second-order valence-corrected chi connectivity index (χ2v) is 6.34. The highest BCUT2D eigenvalue weighted by Crippen LogP contribution is 2.33. The van der Waals surface area contributed by atoms with Gasteiger partial charge in [0.2, 0.25) is 0 Å². The zero-order chi connectivity index (χ0) is 17.9. The van der Waals surface area contributed by atoms with E-state index in [0.29, 0.717) is 40.6 Å². The number of rotatable bonds is 4. The normalized spacial score (nSPS) is 12.5.